The highest BCUT2D eigenvalue weighted by atomic mass is 32.2. The monoisotopic (exact) mass is 479 g/mol. The lowest BCUT2D eigenvalue weighted by Gasteiger charge is -2.35. The molecule has 1 amide bonds. The Morgan fingerprint density at radius 2 is 1.62 bits per heavy atom. The number of carbonyl (C=O) groups excluding carboxylic acids is 1. The summed E-state index contributed by atoms with van der Waals surface area (Å²) in [6.07, 6.45) is 4.88. The third kappa shape index (κ3) is 5.93. The second-order valence-corrected chi connectivity index (χ2v) is 10.8. The smallest absolute Gasteiger partial charge is 0.234 e. The number of nitriles is 1. The van der Waals surface area contributed by atoms with Crippen molar-refractivity contribution >= 4 is 15.7 Å². The van der Waals surface area contributed by atoms with Crippen LogP contribution in [0.15, 0.2) is 76.4 Å². The minimum Gasteiger partial charge on any atom is -0.472 e. The largest absolute Gasteiger partial charge is 0.472 e. The molecule has 2 N–H and O–H groups in total. The van der Waals surface area contributed by atoms with E-state index in [9.17, 15) is 18.5 Å². The molecule has 0 bridgehead atoms. The highest BCUT2D eigenvalue weighted by Crippen LogP contribution is 2.33. The Kier molecular flexibility index (Phi) is 7.92. The maximum Gasteiger partial charge on any atom is 0.234 e. The van der Waals surface area contributed by atoms with Crippen molar-refractivity contribution in [2.45, 2.75) is 37.2 Å². The predicted octanol–water partition coefficient (Wildman–Crippen LogP) is 4.17. The van der Waals surface area contributed by atoms with Crippen molar-refractivity contribution in [3.63, 3.8) is 0 Å². The van der Waals surface area contributed by atoms with Gasteiger partial charge in [-0.05, 0) is 47.2 Å². The summed E-state index contributed by atoms with van der Waals surface area (Å²) >= 11 is 0. The fraction of sp³-hybridized carbons (Fsp3) is 0.308. The van der Waals surface area contributed by atoms with E-state index >= 15 is 0 Å². The van der Waals surface area contributed by atoms with Crippen molar-refractivity contribution in [2.75, 3.05) is 12.8 Å². The zero-order valence-corrected chi connectivity index (χ0v) is 20.3. The fourth-order valence-electron chi connectivity index (χ4n) is 4.08. The van der Waals surface area contributed by atoms with Crippen LogP contribution < -0.4 is 5.73 Å². The van der Waals surface area contributed by atoms with Crippen LogP contribution in [0, 0.1) is 17.2 Å². The number of hydrogen-bond donors (Lipinski definition) is 1. The number of amides is 1. The van der Waals surface area contributed by atoms with Gasteiger partial charge in [-0.1, -0.05) is 50.2 Å². The van der Waals surface area contributed by atoms with E-state index in [-0.39, 0.29) is 17.4 Å². The molecular weight excluding hydrogens is 450 g/mol. The van der Waals surface area contributed by atoms with Crippen molar-refractivity contribution in [1.29, 1.82) is 5.26 Å². The minimum atomic E-state index is -3.26. The Bertz CT molecular complexity index is 1240. The van der Waals surface area contributed by atoms with Crippen LogP contribution in [0.3, 0.4) is 0 Å². The van der Waals surface area contributed by atoms with Gasteiger partial charge in [-0.25, -0.2) is 8.42 Å². The molecular formula is C26H29N3O4S. The summed E-state index contributed by atoms with van der Waals surface area (Å²) in [7, 11) is -3.26. The summed E-state index contributed by atoms with van der Waals surface area (Å²) in [6, 6.07) is 17.4. The lowest BCUT2D eigenvalue weighted by Crippen LogP contribution is -2.47. The number of nitrogens with two attached hydrogens (primary N) is 1. The molecule has 0 aliphatic carbocycles. The Morgan fingerprint density at radius 1 is 1.03 bits per heavy atom. The van der Waals surface area contributed by atoms with E-state index in [1.165, 1.54) is 6.26 Å². The van der Waals surface area contributed by atoms with Crippen LogP contribution in [0.25, 0.3) is 11.1 Å². The van der Waals surface area contributed by atoms with Gasteiger partial charge >= 0.3 is 0 Å². The molecule has 178 valence electrons. The SMILES string of the molecule is CC(C)C[C@@H](C(N)=O)N(CC#N)[C@@H](c1ccc(-c2ccc(S(C)(=O)=O)cc2)cc1)c1ccoc1. The Morgan fingerprint density at radius 3 is 2.06 bits per heavy atom. The standard InChI is InChI=1S/C26H29N3O4S/c1-18(2)16-24(26(28)30)29(14-13-27)25(22-12-15-33-17-22)21-6-4-19(5-7-21)20-8-10-23(11-9-20)34(3,31)32/h4-12,15,17-18,24-25H,14,16H2,1-3H3,(H2,28,30)/t24-,25-/m0/s1. The molecule has 0 saturated carbocycles. The van der Waals surface area contributed by atoms with Gasteiger partial charge in [0.1, 0.15) is 0 Å². The summed E-state index contributed by atoms with van der Waals surface area (Å²) < 4.78 is 28.8. The molecule has 0 unspecified atom stereocenters. The van der Waals surface area contributed by atoms with E-state index in [0.717, 1.165) is 22.3 Å². The quantitative estimate of drug-likeness (QED) is 0.436. The number of hydrogen-bond acceptors (Lipinski definition) is 6. The molecule has 7 nitrogen and oxygen atoms in total. The number of nitrogens with zero attached hydrogens (tertiary/aromatic N) is 2. The van der Waals surface area contributed by atoms with E-state index in [1.54, 1.807) is 36.8 Å². The van der Waals surface area contributed by atoms with Gasteiger partial charge in [0.05, 0.1) is 42.1 Å². The van der Waals surface area contributed by atoms with Gasteiger partial charge in [0.15, 0.2) is 9.84 Å². The lowest BCUT2D eigenvalue weighted by atomic mass is 9.93. The van der Waals surface area contributed by atoms with Gasteiger partial charge < -0.3 is 10.2 Å². The van der Waals surface area contributed by atoms with Crippen LogP contribution in [0.1, 0.15) is 37.4 Å². The highest BCUT2D eigenvalue weighted by molar-refractivity contribution is 7.90. The Labute approximate surface area is 200 Å². The van der Waals surface area contributed by atoms with Crippen molar-refractivity contribution in [3.05, 3.63) is 78.3 Å². The molecule has 1 aromatic heterocycles. The van der Waals surface area contributed by atoms with Crippen LogP contribution in [0.4, 0.5) is 0 Å². The normalized spacial score (nSPS) is 13.5. The molecule has 0 spiro atoms. The maximum atomic E-state index is 12.4. The first-order chi connectivity index (χ1) is 16.1. The first-order valence-corrected chi connectivity index (χ1v) is 12.9. The third-order valence-corrected chi connectivity index (χ3v) is 6.84. The zero-order chi connectivity index (χ0) is 24.9. The van der Waals surface area contributed by atoms with Crippen LogP contribution in [-0.2, 0) is 14.6 Å². The molecule has 34 heavy (non-hydrogen) atoms. The van der Waals surface area contributed by atoms with E-state index in [0.29, 0.717) is 6.42 Å². The number of rotatable bonds is 10. The summed E-state index contributed by atoms with van der Waals surface area (Å²) in [5.41, 5.74) is 9.25. The van der Waals surface area contributed by atoms with Crippen molar-refractivity contribution < 1.29 is 17.6 Å². The number of carbonyl (C=O) groups is 1. The molecule has 0 saturated heterocycles. The average Bonchev–Trinajstić information content (AvgIpc) is 3.31. The Hall–Kier alpha value is -3.41. The summed E-state index contributed by atoms with van der Waals surface area (Å²) in [5.74, 6) is -0.263. The van der Waals surface area contributed by atoms with Crippen molar-refractivity contribution in [3.8, 4) is 17.2 Å². The molecule has 0 aliphatic rings. The number of furan rings is 1. The van der Waals surface area contributed by atoms with Gasteiger partial charge in [-0.2, -0.15) is 5.26 Å². The Balaban J connectivity index is 2.01. The van der Waals surface area contributed by atoms with E-state index in [4.69, 9.17) is 10.2 Å². The summed E-state index contributed by atoms with van der Waals surface area (Å²) in [4.78, 5) is 14.5. The second kappa shape index (κ2) is 10.7. The first-order valence-electron chi connectivity index (χ1n) is 11.0. The molecule has 0 aliphatic heterocycles. The van der Waals surface area contributed by atoms with Gasteiger partial charge in [0.25, 0.3) is 0 Å². The number of primary amides is 1. The molecule has 8 heteroatoms. The van der Waals surface area contributed by atoms with Gasteiger partial charge in [0.2, 0.25) is 5.91 Å². The molecule has 0 radical (unpaired) electrons. The van der Waals surface area contributed by atoms with Crippen LogP contribution in [0.2, 0.25) is 0 Å². The molecule has 1 heterocycles. The first kappa shape index (κ1) is 25.2. The average molecular weight is 480 g/mol. The van der Waals surface area contributed by atoms with E-state index in [2.05, 4.69) is 6.07 Å². The van der Waals surface area contributed by atoms with Crippen LogP contribution >= 0.6 is 0 Å². The zero-order valence-electron chi connectivity index (χ0n) is 19.5. The fourth-order valence-corrected chi connectivity index (χ4v) is 4.71. The number of sulfone groups is 1. The minimum absolute atomic E-state index is 0.0187. The summed E-state index contributed by atoms with van der Waals surface area (Å²) in [6.45, 7) is 4.04. The van der Waals surface area contributed by atoms with Crippen molar-refractivity contribution in [1.82, 2.24) is 4.90 Å². The molecule has 0 fully saturated rings. The maximum absolute atomic E-state index is 12.4. The molecule has 3 rings (SSSR count). The predicted molar refractivity (Wildman–Crippen MR) is 130 cm³/mol. The molecule has 3 aromatic rings. The highest BCUT2D eigenvalue weighted by Gasteiger charge is 2.33. The summed E-state index contributed by atoms with van der Waals surface area (Å²) in [5, 5.41) is 9.56. The second-order valence-electron chi connectivity index (χ2n) is 8.76. The van der Waals surface area contributed by atoms with Gasteiger partial charge in [-0.3, -0.25) is 9.69 Å². The van der Waals surface area contributed by atoms with E-state index < -0.39 is 27.8 Å². The van der Waals surface area contributed by atoms with Gasteiger partial charge in [0, 0.05) is 11.8 Å². The van der Waals surface area contributed by atoms with Crippen molar-refractivity contribution in [2.24, 2.45) is 11.7 Å². The third-order valence-electron chi connectivity index (χ3n) is 5.71. The lowest BCUT2D eigenvalue weighted by molar-refractivity contribution is -0.124. The van der Waals surface area contributed by atoms with Gasteiger partial charge in [-0.15, -0.1) is 0 Å². The molecule has 2 aromatic carbocycles. The number of benzene rings is 2. The van der Waals surface area contributed by atoms with Crippen LogP contribution in [0.5, 0.6) is 0 Å². The van der Waals surface area contributed by atoms with Crippen LogP contribution in [-0.4, -0.2) is 38.1 Å². The van der Waals surface area contributed by atoms with E-state index in [1.807, 2.05) is 49.1 Å². The topological polar surface area (TPSA) is 117 Å². The molecule has 2 atom stereocenters.